The lowest BCUT2D eigenvalue weighted by Crippen LogP contribution is -3.13. The van der Waals surface area contributed by atoms with Crippen molar-refractivity contribution in [3.63, 3.8) is 0 Å². The first kappa shape index (κ1) is 14.9. The lowest BCUT2D eigenvalue weighted by Gasteiger charge is -2.26. The number of nitrogens with one attached hydrogen (secondary N) is 1. The summed E-state index contributed by atoms with van der Waals surface area (Å²) in [6, 6.07) is 4.12. The third kappa shape index (κ3) is 3.11. The predicted molar refractivity (Wildman–Crippen MR) is 86.0 cm³/mol. The highest BCUT2D eigenvalue weighted by Gasteiger charge is 2.23. The molecule has 21 heavy (non-hydrogen) atoms. The summed E-state index contributed by atoms with van der Waals surface area (Å²) in [5.74, 6) is 0.953. The second-order valence-electron chi connectivity index (χ2n) is 5.49. The Morgan fingerprint density at radius 1 is 1.57 bits per heavy atom. The van der Waals surface area contributed by atoms with E-state index in [0.29, 0.717) is 0 Å². The zero-order valence-corrected chi connectivity index (χ0v) is 13.8. The molecule has 2 N–H and O–H groups in total. The van der Waals surface area contributed by atoms with Gasteiger partial charge in [0.1, 0.15) is 12.6 Å². The van der Waals surface area contributed by atoms with Gasteiger partial charge in [0.25, 0.3) is 0 Å². The second kappa shape index (κ2) is 6.39. The van der Waals surface area contributed by atoms with Crippen LogP contribution < -0.4 is 4.90 Å². The molecule has 0 aliphatic carbocycles. The van der Waals surface area contributed by atoms with E-state index in [1.165, 1.54) is 4.90 Å². The van der Waals surface area contributed by atoms with Gasteiger partial charge in [-0.15, -0.1) is 16.4 Å². The first-order valence-corrected chi connectivity index (χ1v) is 8.71. The van der Waals surface area contributed by atoms with Gasteiger partial charge >= 0.3 is 0 Å². The van der Waals surface area contributed by atoms with Crippen LogP contribution in [0.15, 0.2) is 17.5 Å². The number of piperidine rings is 1. The summed E-state index contributed by atoms with van der Waals surface area (Å²) in [7, 11) is 0. The minimum atomic E-state index is -0.187. The van der Waals surface area contributed by atoms with Crippen LogP contribution in [0.1, 0.15) is 19.8 Å². The van der Waals surface area contributed by atoms with Crippen LogP contribution in [0, 0.1) is 4.77 Å². The average Bonchev–Trinajstić information content (AvgIpc) is 3.08. The minimum Gasteiger partial charge on any atom is -0.387 e. The highest BCUT2D eigenvalue weighted by molar-refractivity contribution is 7.71. The van der Waals surface area contributed by atoms with E-state index >= 15 is 0 Å². The zero-order chi connectivity index (χ0) is 14.8. The summed E-state index contributed by atoms with van der Waals surface area (Å²) in [5, 5.41) is 16.6. The van der Waals surface area contributed by atoms with Gasteiger partial charge in [-0.2, -0.15) is 4.68 Å². The van der Waals surface area contributed by atoms with Gasteiger partial charge in [0.15, 0.2) is 12.5 Å². The Kier molecular flexibility index (Phi) is 4.54. The topological polar surface area (TPSA) is 47.4 Å². The Balaban J connectivity index is 1.87. The molecule has 0 radical (unpaired) electrons. The number of thiophene rings is 1. The molecule has 2 aromatic heterocycles. The molecule has 0 aromatic carbocycles. The quantitative estimate of drug-likeness (QED) is 0.830. The molecule has 1 aliphatic heterocycles. The highest BCUT2D eigenvalue weighted by Crippen LogP contribution is 2.23. The van der Waals surface area contributed by atoms with Gasteiger partial charge in [-0.3, -0.25) is 4.57 Å². The molecule has 0 bridgehead atoms. The summed E-state index contributed by atoms with van der Waals surface area (Å²) < 4.78 is 4.77. The molecule has 3 rings (SSSR count). The molecule has 1 saturated heterocycles. The summed E-state index contributed by atoms with van der Waals surface area (Å²) in [6.45, 7) is 5.52. The Morgan fingerprint density at radius 2 is 2.43 bits per heavy atom. The number of aliphatic hydroxyl groups excluding tert-OH is 1. The monoisotopic (exact) mass is 325 g/mol. The van der Waals surface area contributed by atoms with Gasteiger partial charge in [-0.1, -0.05) is 6.07 Å². The van der Waals surface area contributed by atoms with Crippen molar-refractivity contribution in [1.29, 1.82) is 0 Å². The van der Waals surface area contributed by atoms with Crippen molar-refractivity contribution in [1.82, 2.24) is 14.3 Å². The van der Waals surface area contributed by atoms with E-state index in [0.717, 1.165) is 54.6 Å². The van der Waals surface area contributed by atoms with E-state index in [1.54, 1.807) is 11.3 Å². The second-order valence-corrected chi connectivity index (χ2v) is 6.80. The summed E-state index contributed by atoms with van der Waals surface area (Å²) >= 11 is 7.26. The molecule has 1 fully saturated rings. The lowest BCUT2D eigenvalue weighted by molar-refractivity contribution is -0.931. The van der Waals surface area contributed by atoms with E-state index in [-0.39, 0.29) is 6.10 Å². The zero-order valence-electron chi connectivity index (χ0n) is 12.2. The van der Waals surface area contributed by atoms with Gasteiger partial charge < -0.3 is 10.0 Å². The molecule has 7 heteroatoms. The summed E-state index contributed by atoms with van der Waals surface area (Å²) in [5.41, 5.74) is 0. The predicted octanol–water partition coefficient (Wildman–Crippen LogP) is 1.16. The lowest BCUT2D eigenvalue weighted by atomic mass is 10.1. The molecule has 0 spiro atoms. The van der Waals surface area contributed by atoms with E-state index in [2.05, 4.69) is 22.9 Å². The van der Waals surface area contributed by atoms with Crippen LogP contribution in [0.4, 0.5) is 0 Å². The minimum absolute atomic E-state index is 0.187. The molecule has 2 atom stereocenters. The molecular weight excluding hydrogens is 304 g/mol. The van der Waals surface area contributed by atoms with Crippen LogP contribution in [-0.2, 0) is 13.2 Å². The summed E-state index contributed by atoms with van der Waals surface area (Å²) in [4.78, 5) is 2.50. The van der Waals surface area contributed by atoms with Crippen LogP contribution in [0.2, 0.25) is 0 Å². The smallest absolute Gasteiger partial charge is 0.203 e. The van der Waals surface area contributed by atoms with Crippen molar-refractivity contribution in [2.45, 2.75) is 39.1 Å². The van der Waals surface area contributed by atoms with Crippen LogP contribution in [0.3, 0.4) is 0 Å². The van der Waals surface area contributed by atoms with E-state index in [4.69, 9.17) is 17.3 Å². The average molecular weight is 325 g/mol. The van der Waals surface area contributed by atoms with Crippen LogP contribution in [0.5, 0.6) is 0 Å². The van der Waals surface area contributed by atoms with E-state index < -0.39 is 0 Å². The SMILES string of the molecule is CCn1c(-c2cccs2)nn(C[NH+]2CCC[C@@H](O)C2)c1=S. The Bertz CT molecular complexity index is 646. The van der Waals surface area contributed by atoms with Crippen molar-refractivity contribution in [2.24, 2.45) is 0 Å². The maximum absolute atomic E-state index is 9.80. The third-order valence-electron chi connectivity index (χ3n) is 3.95. The van der Waals surface area contributed by atoms with Gasteiger partial charge in [0, 0.05) is 6.54 Å². The molecular formula is C14H21N4OS2+. The fraction of sp³-hybridized carbons (Fsp3) is 0.571. The molecule has 2 aromatic rings. The number of quaternary nitrogens is 1. The molecule has 0 amide bonds. The van der Waals surface area contributed by atoms with Crippen molar-refractivity contribution in [3.8, 4) is 10.7 Å². The first-order chi connectivity index (χ1) is 10.2. The number of rotatable bonds is 4. The Hall–Kier alpha value is -1.02. The first-order valence-electron chi connectivity index (χ1n) is 7.42. The number of hydrogen-bond acceptors (Lipinski definition) is 4. The van der Waals surface area contributed by atoms with Crippen LogP contribution >= 0.6 is 23.6 Å². The van der Waals surface area contributed by atoms with Crippen molar-refractivity contribution in [2.75, 3.05) is 13.1 Å². The Labute approximate surface area is 133 Å². The fourth-order valence-electron chi connectivity index (χ4n) is 2.90. The third-order valence-corrected chi connectivity index (χ3v) is 5.24. The van der Waals surface area contributed by atoms with Gasteiger partial charge in [-0.25, -0.2) is 0 Å². The molecule has 5 nitrogen and oxygen atoms in total. The van der Waals surface area contributed by atoms with E-state index in [1.807, 2.05) is 10.7 Å². The van der Waals surface area contributed by atoms with Gasteiger partial charge in [0.05, 0.1) is 11.4 Å². The van der Waals surface area contributed by atoms with Crippen LogP contribution in [-0.4, -0.2) is 38.6 Å². The molecule has 114 valence electrons. The van der Waals surface area contributed by atoms with Crippen molar-refractivity contribution >= 4 is 23.6 Å². The van der Waals surface area contributed by atoms with Gasteiger partial charge in [-0.05, 0) is 43.4 Å². The molecule has 0 saturated carbocycles. The van der Waals surface area contributed by atoms with Crippen LogP contribution in [0.25, 0.3) is 10.7 Å². The van der Waals surface area contributed by atoms with Crippen molar-refractivity contribution in [3.05, 3.63) is 22.3 Å². The van der Waals surface area contributed by atoms with E-state index in [9.17, 15) is 5.11 Å². The Morgan fingerprint density at radius 3 is 3.10 bits per heavy atom. The largest absolute Gasteiger partial charge is 0.387 e. The van der Waals surface area contributed by atoms with Gasteiger partial charge in [0.2, 0.25) is 4.77 Å². The standard InChI is InChI=1S/C14H20N4OS2/c1-2-17-13(12-6-4-8-21-12)15-18(14(17)20)10-16-7-3-5-11(19)9-16/h4,6,8,11,19H,2-3,5,7,9-10H2,1H3/p+1/t11-/m1/s1. The summed E-state index contributed by atoms with van der Waals surface area (Å²) in [6.07, 6.45) is 1.79. The highest BCUT2D eigenvalue weighted by atomic mass is 32.1. The van der Waals surface area contributed by atoms with Crippen molar-refractivity contribution < 1.29 is 10.0 Å². The molecule has 1 aliphatic rings. The fourth-order valence-corrected chi connectivity index (χ4v) is 3.94. The normalized spacial score (nSPS) is 22.6. The number of aromatic nitrogens is 3. The number of likely N-dealkylation sites (tertiary alicyclic amines) is 1. The number of aliphatic hydroxyl groups is 1. The maximum atomic E-state index is 9.80. The number of nitrogens with zero attached hydrogens (tertiary/aromatic N) is 3. The number of hydrogen-bond donors (Lipinski definition) is 2. The maximum Gasteiger partial charge on any atom is 0.203 e. The molecule has 3 heterocycles. The molecule has 1 unspecified atom stereocenters.